The Morgan fingerprint density at radius 3 is 1.90 bits per heavy atom. The molecule has 2 heteroatoms. The summed E-state index contributed by atoms with van der Waals surface area (Å²) in [7, 11) is -0.716. The van der Waals surface area contributed by atoms with Gasteiger partial charge in [-0.3, -0.25) is 0 Å². The fraction of sp³-hybridized carbons (Fsp3) is 0.875. The summed E-state index contributed by atoms with van der Waals surface area (Å²) in [5, 5.41) is 0. The molecule has 0 aromatic rings. The topological polar surface area (TPSA) is 17.1 Å². The van der Waals surface area contributed by atoms with Gasteiger partial charge < -0.3 is 4.79 Å². The highest BCUT2D eigenvalue weighted by molar-refractivity contribution is 8.34. The molecule has 0 atom stereocenters. The Kier molecular flexibility index (Phi) is 2.96. The molecule has 0 aliphatic rings. The van der Waals surface area contributed by atoms with Crippen LogP contribution in [0.5, 0.6) is 0 Å². The number of rotatable bonds is 3. The van der Waals surface area contributed by atoms with E-state index in [1.54, 1.807) is 0 Å². The number of hydrogen-bond donors (Lipinski definition) is 0. The molecule has 0 amide bonds. The molecule has 0 spiro atoms. The van der Waals surface area contributed by atoms with Gasteiger partial charge in [-0.1, -0.05) is 6.92 Å². The highest BCUT2D eigenvalue weighted by Gasteiger charge is 2.30. The summed E-state index contributed by atoms with van der Waals surface area (Å²) in [4.78, 5) is 10.7. The molecule has 10 heavy (non-hydrogen) atoms. The summed E-state index contributed by atoms with van der Waals surface area (Å²) < 4.78 is -0.109. The van der Waals surface area contributed by atoms with Crippen LogP contribution in [-0.4, -0.2) is 29.3 Å². The van der Waals surface area contributed by atoms with E-state index in [0.29, 0.717) is 0 Å². The molecule has 0 fully saturated rings. The van der Waals surface area contributed by atoms with Crippen molar-refractivity contribution in [1.82, 2.24) is 0 Å². The molecule has 1 nitrogen and oxygen atoms in total. The second-order valence-corrected chi connectivity index (χ2v) is 8.25. The molecule has 62 valence electrons. The van der Waals surface area contributed by atoms with Crippen LogP contribution in [0, 0.1) is 0 Å². The van der Waals surface area contributed by atoms with E-state index >= 15 is 0 Å². The lowest BCUT2D eigenvalue weighted by Gasteiger charge is -2.42. The third-order valence-electron chi connectivity index (χ3n) is 2.43. The molecule has 0 aliphatic carbocycles. The monoisotopic (exact) mass is 162 g/mol. The predicted molar refractivity (Wildman–Crippen MR) is 50.1 cm³/mol. The minimum atomic E-state index is -0.716. The molecule has 0 saturated carbocycles. The van der Waals surface area contributed by atoms with Crippen molar-refractivity contribution in [1.29, 1.82) is 0 Å². The van der Waals surface area contributed by atoms with Gasteiger partial charge in [-0.05, 0) is 32.1 Å². The van der Waals surface area contributed by atoms with Crippen molar-refractivity contribution in [3.05, 3.63) is 0 Å². The molecule has 0 aliphatic heterocycles. The van der Waals surface area contributed by atoms with Crippen molar-refractivity contribution in [3.8, 4) is 0 Å². The Hall–Kier alpha value is 0.0200. The Labute approximate surface area is 65.5 Å². The number of carbonyl (C=O) groups is 1. The van der Waals surface area contributed by atoms with Gasteiger partial charge in [0.25, 0.3) is 0 Å². The number of carbonyl (C=O) groups excluding carboxylic acids is 1. The molecule has 0 bridgehead atoms. The summed E-state index contributed by atoms with van der Waals surface area (Å²) in [6.45, 7) is 6.21. The smallest absolute Gasteiger partial charge is 0.133 e. The van der Waals surface area contributed by atoms with Gasteiger partial charge in [0.15, 0.2) is 0 Å². The first-order valence-corrected chi connectivity index (χ1v) is 6.16. The molecule has 0 N–H and O–H groups in total. The van der Waals surface area contributed by atoms with Crippen LogP contribution in [0.3, 0.4) is 0 Å². The summed E-state index contributed by atoms with van der Waals surface area (Å²) >= 11 is 0. The number of hydrogen-bond acceptors (Lipinski definition) is 1. The van der Waals surface area contributed by atoms with Gasteiger partial charge in [-0.2, -0.15) is 0 Å². The van der Waals surface area contributed by atoms with E-state index in [0.717, 1.165) is 12.0 Å². The molecule has 0 unspecified atom stereocenters. The van der Waals surface area contributed by atoms with Crippen LogP contribution in [0.2, 0.25) is 0 Å². The van der Waals surface area contributed by atoms with Gasteiger partial charge >= 0.3 is 0 Å². The summed E-state index contributed by atoms with van der Waals surface area (Å²) in [6, 6.07) is 0. The maximum Gasteiger partial charge on any atom is 0.133 e. The van der Waals surface area contributed by atoms with Crippen molar-refractivity contribution >= 4 is 16.3 Å². The molecule has 0 aromatic heterocycles. The molecule has 0 saturated heterocycles. The lowest BCUT2D eigenvalue weighted by molar-refractivity contribution is -0.109. The second-order valence-electron chi connectivity index (χ2n) is 3.55. The maximum absolute atomic E-state index is 10.7. The fourth-order valence-electron chi connectivity index (χ4n) is 0.502. The first kappa shape index (κ1) is 10.0. The highest BCUT2D eigenvalue weighted by Crippen LogP contribution is 2.51. The average Bonchev–Trinajstić information content (AvgIpc) is 1.88. The zero-order valence-corrected chi connectivity index (χ0v) is 8.42. The average molecular weight is 162 g/mol. The van der Waals surface area contributed by atoms with Gasteiger partial charge in [0.1, 0.15) is 6.29 Å². The lowest BCUT2D eigenvalue weighted by atomic mass is 10.2. The highest BCUT2D eigenvalue weighted by atomic mass is 32.3. The normalized spacial score (nSPS) is 14.9. The maximum atomic E-state index is 10.7. The van der Waals surface area contributed by atoms with Gasteiger partial charge in [-0.15, -0.1) is 0 Å². The zero-order valence-electron chi connectivity index (χ0n) is 7.60. The number of aldehydes is 1. The minimum absolute atomic E-state index is 0.109. The Balaban J connectivity index is 4.43. The van der Waals surface area contributed by atoms with Gasteiger partial charge in [0.2, 0.25) is 0 Å². The fourth-order valence-corrected chi connectivity index (χ4v) is 1.51. The Bertz CT molecular complexity index is 127. The van der Waals surface area contributed by atoms with E-state index in [2.05, 4.69) is 19.4 Å². The Morgan fingerprint density at radius 1 is 1.40 bits per heavy atom. The van der Waals surface area contributed by atoms with Gasteiger partial charge in [0, 0.05) is 4.75 Å². The van der Waals surface area contributed by atoms with Gasteiger partial charge in [0.05, 0.1) is 0 Å². The van der Waals surface area contributed by atoms with Crippen LogP contribution in [0.4, 0.5) is 0 Å². The van der Waals surface area contributed by atoms with Crippen molar-refractivity contribution in [3.63, 3.8) is 0 Å². The van der Waals surface area contributed by atoms with E-state index in [1.165, 1.54) is 0 Å². The van der Waals surface area contributed by atoms with E-state index in [-0.39, 0.29) is 4.75 Å². The van der Waals surface area contributed by atoms with Crippen molar-refractivity contribution in [2.45, 2.75) is 25.5 Å². The van der Waals surface area contributed by atoms with Crippen LogP contribution >= 0.6 is 10.0 Å². The third kappa shape index (κ3) is 1.75. The van der Waals surface area contributed by atoms with Crippen LogP contribution in [0.25, 0.3) is 0 Å². The molecule has 0 aromatic carbocycles. The first-order valence-electron chi connectivity index (χ1n) is 3.54. The largest absolute Gasteiger partial charge is 0.302 e. The SMILES string of the molecule is CCS(C)(C)C(C)(C)C=O. The summed E-state index contributed by atoms with van der Waals surface area (Å²) in [5.41, 5.74) is 0. The second kappa shape index (κ2) is 2.95. The van der Waals surface area contributed by atoms with Crippen LogP contribution in [0.1, 0.15) is 20.8 Å². The van der Waals surface area contributed by atoms with Crippen molar-refractivity contribution in [2.75, 3.05) is 18.3 Å². The van der Waals surface area contributed by atoms with Crippen LogP contribution in [0.15, 0.2) is 0 Å². The molecule has 0 radical (unpaired) electrons. The molecule has 0 heterocycles. The minimum Gasteiger partial charge on any atom is -0.302 e. The predicted octanol–water partition coefficient (Wildman–Crippen LogP) is 2.05. The van der Waals surface area contributed by atoms with Crippen molar-refractivity contribution < 1.29 is 4.79 Å². The van der Waals surface area contributed by atoms with E-state index in [1.807, 2.05) is 13.8 Å². The molecular formula is C8H18OS. The van der Waals surface area contributed by atoms with E-state index < -0.39 is 10.0 Å². The van der Waals surface area contributed by atoms with Crippen LogP contribution < -0.4 is 0 Å². The first-order chi connectivity index (χ1) is 4.37. The summed E-state index contributed by atoms with van der Waals surface area (Å²) in [6.07, 6.45) is 5.51. The van der Waals surface area contributed by atoms with E-state index in [4.69, 9.17) is 0 Å². The quantitative estimate of drug-likeness (QED) is 0.580. The van der Waals surface area contributed by atoms with E-state index in [9.17, 15) is 4.79 Å². The third-order valence-corrected chi connectivity index (χ3v) is 6.82. The van der Waals surface area contributed by atoms with Gasteiger partial charge in [-0.25, -0.2) is 10.0 Å². The zero-order chi connectivity index (χ0) is 8.41. The lowest BCUT2D eigenvalue weighted by Crippen LogP contribution is -2.30. The summed E-state index contributed by atoms with van der Waals surface area (Å²) in [5.74, 6) is 1.12. The molecular weight excluding hydrogens is 144 g/mol. The van der Waals surface area contributed by atoms with Crippen LogP contribution in [-0.2, 0) is 4.79 Å². The molecule has 0 rings (SSSR count). The van der Waals surface area contributed by atoms with Crippen molar-refractivity contribution in [2.24, 2.45) is 0 Å². The standard InChI is InChI=1S/C8H18OS/c1-6-10(4,5)8(2,3)7-9/h7H,6H2,1-5H3. The Morgan fingerprint density at radius 2 is 1.80 bits per heavy atom.